The number of nitrogens with zero attached hydrogens (tertiary/aromatic N) is 3. The van der Waals surface area contributed by atoms with Gasteiger partial charge in [-0.15, -0.1) is 0 Å². The average molecular weight is 204 g/mol. The van der Waals surface area contributed by atoms with Crippen LogP contribution in [0.5, 0.6) is 0 Å². The second-order valence-corrected chi connectivity index (χ2v) is 4.76. The zero-order chi connectivity index (χ0) is 10.6. The second-order valence-electron chi connectivity index (χ2n) is 4.76. The standard InChI is InChI=1S/C11H16N4/c1-6-3-9(14-5-13-6)15-4-8-7(2)11(15)10(8)12/h3,5,7-8,10-11H,4,12H2,1-2H3/t7-,8?,10?,11?/m1/s1. The number of fused-ring (bicyclic) bond motifs is 1. The first-order valence-corrected chi connectivity index (χ1v) is 5.49. The van der Waals surface area contributed by atoms with E-state index in [1.165, 1.54) is 0 Å². The van der Waals surface area contributed by atoms with Crippen LogP contribution < -0.4 is 10.6 Å². The molecule has 0 amide bonds. The Bertz CT molecular complexity index is 382. The zero-order valence-corrected chi connectivity index (χ0v) is 9.09. The fraction of sp³-hybridized carbons (Fsp3) is 0.636. The van der Waals surface area contributed by atoms with Crippen molar-refractivity contribution in [2.24, 2.45) is 17.6 Å². The smallest absolute Gasteiger partial charge is 0.132 e. The highest BCUT2D eigenvalue weighted by molar-refractivity contribution is 5.46. The van der Waals surface area contributed by atoms with Crippen molar-refractivity contribution in [2.45, 2.75) is 25.9 Å². The van der Waals surface area contributed by atoms with Gasteiger partial charge in [0.15, 0.2) is 0 Å². The number of aromatic nitrogens is 2. The molecule has 4 heteroatoms. The first-order chi connectivity index (χ1) is 7.18. The molecule has 1 aromatic heterocycles. The lowest BCUT2D eigenvalue weighted by atomic mass is 9.71. The van der Waals surface area contributed by atoms with Crippen LogP contribution in [-0.2, 0) is 0 Å². The molecule has 80 valence electrons. The monoisotopic (exact) mass is 204 g/mol. The van der Waals surface area contributed by atoms with Crippen molar-refractivity contribution < 1.29 is 0 Å². The molecule has 3 unspecified atom stereocenters. The Kier molecular flexibility index (Phi) is 1.77. The van der Waals surface area contributed by atoms with Crippen LogP contribution in [-0.4, -0.2) is 28.6 Å². The molecule has 3 heterocycles. The SMILES string of the molecule is Cc1cc(N2CC3C(N)C2[C@@H]3C)ncn1. The zero-order valence-electron chi connectivity index (χ0n) is 9.09. The Morgan fingerprint density at radius 1 is 1.47 bits per heavy atom. The minimum Gasteiger partial charge on any atom is -0.351 e. The van der Waals surface area contributed by atoms with E-state index in [4.69, 9.17) is 5.73 Å². The molecule has 1 aliphatic carbocycles. The molecule has 1 aromatic rings. The molecule has 3 fully saturated rings. The van der Waals surface area contributed by atoms with Crippen molar-refractivity contribution in [3.8, 4) is 0 Å². The van der Waals surface area contributed by atoms with Gasteiger partial charge in [-0.05, 0) is 18.8 Å². The van der Waals surface area contributed by atoms with E-state index in [1.807, 2.05) is 13.0 Å². The van der Waals surface area contributed by atoms with Gasteiger partial charge in [0.25, 0.3) is 0 Å². The van der Waals surface area contributed by atoms with E-state index in [0.717, 1.165) is 24.0 Å². The van der Waals surface area contributed by atoms with Crippen molar-refractivity contribution in [2.75, 3.05) is 11.4 Å². The van der Waals surface area contributed by atoms with Gasteiger partial charge in [-0.3, -0.25) is 0 Å². The molecule has 4 atom stereocenters. The summed E-state index contributed by atoms with van der Waals surface area (Å²) in [7, 11) is 0. The predicted molar refractivity (Wildman–Crippen MR) is 58.5 cm³/mol. The van der Waals surface area contributed by atoms with Crippen LogP contribution in [0.4, 0.5) is 5.82 Å². The van der Waals surface area contributed by atoms with Crippen LogP contribution in [0.15, 0.2) is 12.4 Å². The molecule has 2 N–H and O–H groups in total. The molecule has 0 spiro atoms. The van der Waals surface area contributed by atoms with E-state index in [1.54, 1.807) is 6.33 Å². The van der Waals surface area contributed by atoms with Crippen LogP contribution in [0.25, 0.3) is 0 Å². The van der Waals surface area contributed by atoms with Crippen LogP contribution in [0.3, 0.4) is 0 Å². The molecule has 15 heavy (non-hydrogen) atoms. The highest BCUT2D eigenvalue weighted by atomic mass is 15.3. The topological polar surface area (TPSA) is 55.0 Å². The molecule has 0 radical (unpaired) electrons. The van der Waals surface area contributed by atoms with Crippen LogP contribution in [0.2, 0.25) is 0 Å². The highest BCUT2D eigenvalue weighted by Crippen LogP contribution is 2.46. The summed E-state index contributed by atoms with van der Waals surface area (Å²) in [4.78, 5) is 10.8. The van der Waals surface area contributed by atoms with E-state index in [9.17, 15) is 0 Å². The molecular weight excluding hydrogens is 188 g/mol. The van der Waals surface area contributed by atoms with E-state index < -0.39 is 0 Å². The second kappa shape index (κ2) is 2.92. The number of rotatable bonds is 1. The van der Waals surface area contributed by atoms with Gasteiger partial charge in [0.05, 0.1) is 0 Å². The minimum atomic E-state index is 0.343. The van der Waals surface area contributed by atoms with E-state index in [-0.39, 0.29) is 0 Å². The summed E-state index contributed by atoms with van der Waals surface area (Å²) in [6.45, 7) is 5.34. The first kappa shape index (κ1) is 9.09. The minimum absolute atomic E-state index is 0.343. The maximum absolute atomic E-state index is 6.10. The third-order valence-electron chi connectivity index (χ3n) is 3.95. The lowest BCUT2D eigenvalue weighted by molar-refractivity contribution is 0.198. The van der Waals surface area contributed by atoms with E-state index in [0.29, 0.717) is 18.0 Å². The molecule has 2 saturated heterocycles. The summed E-state index contributed by atoms with van der Waals surface area (Å²) in [5, 5.41) is 0. The lowest BCUT2D eigenvalue weighted by Gasteiger charge is -2.40. The lowest BCUT2D eigenvalue weighted by Crippen LogP contribution is -2.56. The highest BCUT2D eigenvalue weighted by Gasteiger charge is 2.56. The summed E-state index contributed by atoms with van der Waals surface area (Å²) in [6, 6.07) is 2.87. The summed E-state index contributed by atoms with van der Waals surface area (Å²) in [6.07, 6.45) is 1.64. The van der Waals surface area contributed by atoms with E-state index >= 15 is 0 Å². The molecule has 4 nitrogen and oxygen atoms in total. The summed E-state index contributed by atoms with van der Waals surface area (Å²) in [5.41, 5.74) is 7.12. The molecule has 4 rings (SSSR count). The Labute approximate surface area is 89.5 Å². The largest absolute Gasteiger partial charge is 0.351 e. The van der Waals surface area contributed by atoms with Crippen LogP contribution >= 0.6 is 0 Å². The van der Waals surface area contributed by atoms with Gasteiger partial charge in [0.1, 0.15) is 12.1 Å². The maximum atomic E-state index is 6.10. The van der Waals surface area contributed by atoms with Gasteiger partial charge in [0, 0.05) is 30.4 Å². The number of nitrogens with two attached hydrogens (primary N) is 1. The number of aryl methyl sites for hydroxylation is 1. The molecule has 2 bridgehead atoms. The van der Waals surface area contributed by atoms with E-state index in [2.05, 4.69) is 21.8 Å². The van der Waals surface area contributed by atoms with Crippen molar-refractivity contribution in [1.29, 1.82) is 0 Å². The van der Waals surface area contributed by atoms with Crippen molar-refractivity contribution in [3.05, 3.63) is 18.1 Å². The Morgan fingerprint density at radius 3 is 2.80 bits per heavy atom. The summed E-state index contributed by atoms with van der Waals surface area (Å²) < 4.78 is 0. The fourth-order valence-electron chi connectivity index (χ4n) is 3.03. The van der Waals surface area contributed by atoms with Crippen LogP contribution in [0.1, 0.15) is 12.6 Å². The molecule has 0 aromatic carbocycles. The van der Waals surface area contributed by atoms with Crippen molar-refractivity contribution in [1.82, 2.24) is 9.97 Å². The summed E-state index contributed by atoms with van der Waals surface area (Å²) >= 11 is 0. The molecular formula is C11H16N4. The third kappa shape index (κ3) is 1.11. The fourth-order valence-corrected chi connectivity index (χ4v) is 3.03. The molecule has 3 aliphatic rings. The Hall–Kier alpha value is -1.16. The summed E-state index contributed by atoms with van der Waals surface area (Å²) in [5.74, 6) is 2.41. The molecule has 1 saturated carbocycles. The third-order valence-corrected chi connectivity index (χ3v) is 3.95. The predicted octanol–water partition coefficient (Wildman–Crippen LogP) is 0.567. The quantitative estimate of drug-likeness (QED) is 0.726. The maximum Gasteiger partial charge on any atom is 0.132 e. The Morgan fingerprint density at radius 2 is 2.27 bits per heavy atom. The van der Waals surface area contributed by atoms with Gasteiger partial charge >= 0.3 is 0 Å². The van der Waals surface area contributed by atoms with Gasteiger partial charge in [-0.2, -0.15) is 0 Å². The average Bonchev–Trinajstić information content (AvgIpc) is 2.74. The Balaban J connectivity index is 1.91. The van der Waals surface area contributed by atoms with Crippen molar-refractivity contribution >= 4 is 5.82 Å². The molecule has 2 aliphatic heterocycles. The van der Waals surface area contributed by atoms with Gasteiger partial charge in [0.2, 0.25) is 0 Å². The number of anilines is 1. The van der Waals surface area contributed by atoms with Gasteiger partial charge in [-0.1, -0.05) is 6.92 Å². The van der Waals surface area contributed by atoms with Crippen LogP contribution in [0, 0.1) is 18.8 Å². The van der Waals surface area contributed by atoms with Crippen molar-refractivity contribution in [3.63, 3.8) is 0 Å². The first-order valence-electron chi connectivity index (χ1n) is 5.49. The number of hydrogen-bond donors (Lipinski definition) is 1. The normalized spacial score (nSPS) is 37.9. The van der Waals surface area contributed by atoms with Gasteiger partial charge < -0.3 is 10.6 Å². The van der Waals surface area contributed by atoms with Gasteiger partial charge in [-0.25, -0.2) is 9.97 Å². The number of hydrogen-bond acceptors (Lipinski definition) is 4.